The maximum Gasteiger partial charge on any atom is 0.262 e. The molecule has 1 atom stereocenters. The van der Waals surface area contributed by atoms with Crippen molar-refractivity contribution in [2.24, 2.45) is 0 Å². The Kier molecular flexibility index (Phi) is 4.16. The SMILES string of the molecule is CC(NC(=O)c1ccc2c(c1)OCC(=O)N2)c1ccc(F)cc1F. The van der Waals surface area contributed by atoms with E-state index in [4.69, 9.17) is 4.74 Å². The van der Waals surface area contributed by atoms with Crippen LogP contribution < -0.4 is 15.4 Å². The lowest BCUT2D eigenvalue weighted by atomic mass is 10.1. The van der Waals surface area contributed by atoms with Crippen LogP contribution in [0.25, 0.3) is 0 Å². The number of hydrogen-bond donors (Lipinski definition) is 2. The van der Waals surface area contributed by atoms with Gasteiger partial charge in [-0.05, 0) is 31.2 Å². The number of carbonyl (C=O) groups excluding carboxylic acids is 2. The molecule has 1 aliphatic rings. The van der Waals surface area contributed by atoms with Crippen molar-refractivity contribution >= 4 is 17.5 Å². The number of carbonyl (C=O) groups is 2. The van der Waals surface area contributed by atoms with Crippen LogP contribution >= 0.6 is 0 Å². The van der Waals surface area contributed by atoms with E-state index in [1.165, 1.54) is 18.2 Å². The van der Waals surface area contributed by atoms with E-state index in [0.29, 0.717) is 17.0 Å². The first-order valence-corrected chi connectivity index (χ1v) is 7.26. The van der Waals surface area contributed by atoms with Gasteiger partial charge >= 0.3 is 0 Å². The molecule has 0 saturated heterocycles. The number of fused-ring (bicyclic) bond motifs is 1. The highest BCUT2D eigenvalue weighted by atomic mass is 19.1. The number of nitrogens with one attached hydrogen (secondary N) is 2. The lowest BCUT2D eigenvalue weighted by Gasteiger charge is -2.19. The minimum atomic E-state index is -0.723. The second kappa shape index (κ2) is 6.27. The average Bonchev–Trinajstić information content (AvgIpc) is 2.54. The van der Waals surface area contributed by atoms with Crippen molar-refractivity contribution in [3.8, 4) is 5.75 Å². The first-order valence-electron chi connectivity index (χ1n) is 7.26. The van der Waals surface area contributed by atoms with Crippen LogP contribution in [0.15, 0.2) is 36.4 Å². The minimum absolute atomic E-state index is 0.116. The van der Waals surface area contributed by atoms with E-state index < -0.39 is 23.6 Å². The van der Waals surface area contributed by atoms with Crippen molar-refractivity contribution in [1.29, 1.82) is 0 Å². The van der Waals surface area contributed by atoms with Crippen LogP contribution in [-0.2, 0) is 4.79 Å². The molecule has 3 rings (SSSR count). The fraction of sp³-hybridized carbons (Fsp3) is 0.176. The number of ether oxygens (including phenoxy) is 1. The van der Waals surface area contributed by atoms with Crippen molar-refractivity contribution in [2.75, 3.05) is 11.9 Å². The number of hydrogen-bond acceptors (Lipinski definition) is 3. The highest BCUT2D eigenvalue weighted by Crippen LogP contribution is 2.28. The van der Waals surface area contributed by atoms with Crippen molar-refractivity contribution in [3.05, 3.63) is 59.2 Å². The molecule has 0 spiro atoms. The zero-order chi connectivity index (χ0) is 17.3. The normalized spacial score (nSPS) is 14.2. The monoisotopic (exact) mass is 332 g/mol. The lowest BCUT2D eigenvalue weighted by molar-refractivity contribution is -0.118. The van der Waals surface area contributed by atoms with Gasteiger partial charge in [0.1, 0.15) is 17.4 Å². The fourth-order valence-electron chi connectivity index (χ4n) is 2.43. The molecule has 2 amide bonds. The lowest BCUT2D eigenvalue weighted by Crippen LogP contribution is -2.28. The molecule has 2 aromatic rings. The summed E-state index contributed by atoms with van der Waals surface area (Å²) in [6, 6.07) is 7.14. The molecule has 0 fully saturated rings. The molecule has 2 aromatic carbocycles. The smallest absolute Gasteiger partial charge is 0.262 e. The van der Waals surface area contributed by atoms with E-state index in [-0.39, 0.29) is 18.1 Å². The van der Waals surface area contributed by atoms with Crippen LogP contribution in [0.3, 0.4) is 0 Å². The molecule has 7 heteroatoms. The number of amides is 2. The highest BCUT2D eigenvalue weighted by Gasteiger charge is 2.19. The summed E-state index contributed by atoms with van der Waals surface area (Å²) in [5.41, 5.74) is 0.978. The Morgan fingerprint density at radius 3 is 2.79 bits per heavy atom. The third kappa shape index (κ3) is 3.19. The van der Waals surface area contributed by atoms with Crippen molar-refractivity contribution < 1.29 is 23.1 Å². The molecule has 0 bridgehead atoms. The Balaban J connectivity index is 1.76. The predicted molar refractivity (Wildman–Crippen MR) is 82.8 cm³/mol. The van der Waals surface area contributed by atoms with Crippen molar-refractivity contribution in [1.82, 2.24) is 5.32 Å². The van der Waals surface area contributed by atoms with E-state index in [9.17, 15) is 18.4 Å². The summed E-state index contributed by atoms with van der Waals surface area (Å²) < 4.78 is 32.0. The van der Waals surface area contributed by atoms with Gasteiger partial charge in [0.2, 0.25) is 0 Å². The maximum absolute atomic E-state index is 13.8. The first-order chi connectivity index (χ1) is 11.4. The summed E-state index contributed by atoms with van der Waals surface area (Å²) in [4.78, 5) is 23.5. The molecular weight excluding hydrogens is 318 g/mol. The molecule has 0 saturated carbocycles. The van der Waals surface area contributed by atoms with Gasteiger partial charge in [-0.2, -0.15) is 0 Å². The Morgan fingerprint density at radius 2 is 2.04 bits per heavy atom. The summed E-state index contributed by atoms with van der Waals surface area (Å²) in [5.74, 6) is -1.71. The molecule has 0 aromatic heterocycles. The Morgan fingerprint density at radius 1 is 1.25 bits per heavy atom. The second-order valence-electron chi connectivity index (χ2n) is 5.41. The van der Waals surface area contributed by atoms with Gasteiger partial charge in [0.15, 0.2) is 6.61 Å². The maximum atomic E-state index is 13.8. The fourth-order valence-corrected chi connectivity index (χ4v) is 2.43. The standard InChI is InChI=1S/C17H14F2N2O3/c1-9(12-4-3-11(18)7-13(12)19)20-17(23)10-2-5-14-15(6-10)24-8-16(22)21-14/h2-7,9H,8H2,1H3,(H,20,23)(H,21,22). The molecule has 1 aliphatic heterocycles. The molecule has 2 N–H and O–H groups in total. The topological polar surface area (TPSA) is 67.4 Å². The molecule has 24 heavy (non-hydrogen) atoms. The molecule has 0 radical (unpaired) electrons. The van der Waals surface area contributed by atoms with E-state index >= 15 is 0 Å². The quantitative estimate of drug-likeness (QED) is 0.908. The zero-order valence-electron chi connectivity index (χ0n) is 12.7. The van der Waals surface area contributed by atoms with Crippen LogP contribution in [0, 0.1) is 11.6 Å². The van der Waals surface area contributed by atoms with Crippen molar-refractivity contribution in [2.45, 2.75) is 13.0 Å². The third-order valence-electron chi connectivity index (χ3n) is 3.65. The summed E-state index contributed by atoms with van der Waals surface area (Å²) in [7, 11) is 0. The largest absolute Gasteiger partial charge is 0.482 e. The summed E-state index contributed by atoms with van der Waals surface area (Å²) in [6.45, 7) is 1.48. The number of benzene rings is 2. The number of anilines is 1. The van der Waals surface area contributed by atoms with E-state index in [1.54, 1.807) is 13.0 Å². The zero-order valence-corrected chi connectivity index (χ0v) is 12.7. The molecule has 5 nitrogen and oxygen atoms in total. The van der Waals surface area contributed by atoms with Crippen LogP contribution in [0.4, 0.5) is 14.5 Å². The summed E-state index contributed by atoms with van der Waals surface area (Å²) in [5, 5.41) is 5.27. The molecule has 124 valence electrons. The highest BCUT2D eigenvalue weighted by molar-refractivity contribution is 5.99. The molecular formula is C17H14F2N2O3. The average molecular weight is 332 g/mol. The predicted octanol–water partition coefficient (Wildman–Crippen LogP) is 2.79. The second-order valence-corrected chi connectivity index (χ2v) is 5.41. The van der Waals surface area contributed by atoms with Gasteiger partial charge in [-0.25, -0.2) is 8.78 Å². The van der Waals surface area contributed by atoms with E-state index in [2.05, 4.69) is 10.6 Å². The van der Waals surface area contributed by atoms with Gasteiger partial charge in [0, 0.05) is 17.2 Å². The summed E-state index contributed by atoms with van der Waals surface area (Å²) in [6.07, 6.45) is 0. The summed E-state index contributed by atoms with van der Waals surface area (Å²) >= 11 is 0. The minimum Gasteiger partial charge on any atom is -0.482 e. The van der Waals surface area contributed by atoms with Crippen LogP contribution in [-0.4, -0.2) is 18.4 Å². The Hall–Kier alpha value is -2.96. The van der Waals surface area contributed by atoms with Gasteiger partial charge < -0.3 is 15.4 Å². The van der Waals surface area contributed by atoms with Gasteiger partial charge in [-0.3, -0.25) is 9.59 Å². The van der Waals surface area contributed by atoms with E-state index in [0.717, 1.165) is 12.1 Å². The number of halogens is 2. The van der Waals surface area contributed by atoms with E-state index in [1.807, 2.05) is 0 Å². The first kappa shape index (κ1) is 15.9. The van der Waals surface area contributed by atoms with Gasteiger partial charge in [-0.15, -0.1) is 0 Å². The van der Waals surface area contributed by atoms with Gasteiger partial charge in [-0.1, -0.05) is 6.07 Å². The third-order valence-corrected chi connectivity index (χ3v) is 3.65. The van der Waals surface area contributed by atoms with Crippen molar-refractivity contribution in [3.63, 3.8) is 0 Å². The van der Waals surface area contributed by atoms with Gasteiger partial charge in [0.25, 0.3) is 11.8 Å². The molecule has 0 aliphatic carbocycles. The van der Waals surface area contributed by atoms with Crippen LogP contribution in [0.5, 0.6) is 5.75 Å². The van der Waals surface area contributed by atoms with Crippen LogP contribution in [0.2, 0.25) is 0 Å². The van der Waals surface area contributed by atoms with Gasteiger partial charge in [0.05, 0.1) is 11.7 Å². The Labute approximate surface area is 136 Å². The Bertz CT molecular complexity index is 823. The van der Waals surface area contributed by atoms with Crippen LogP contribution in [0.1, 0.15) is 28.9 Å². The molecule has 1 unspecified atom stereocenters. The number of rotatable bonds is 3. The molecule has 1 heterocycles.